The molecular formula is C23H24ClN. The van der Waals surface area contributed by atoms with Gasteiger partial charge in [0.05, 0.1) is 0 Å². The Morgan fingerprint density at radius 1 is 0.760 bits per heavy atom. The molecule has 1 nitrogen and oxygen atoms in total. The summed E-state index contributed by atoms with van der Waals surface area (Å²) in [4.78, 5) is 0. The van der Waals surface area contributed by atoms with Crippen LogP contribution in [0, 0.1) is 0 Å². The standard InChI is InChI=1S/C23H24ClN/c1-18(21-14-8-9-15-23(21)24)25-17-16-22(19-10-4-2-5-11-19)20-12-6-3-7-13-20/h2-15,18,22,25H,16-17H2,1H3. The second kappa shape index (κ2) is 8.84. The minimum absolute atomic E-state index is 0.237. The fraction of sp³-hybridized carbons (Fsp3) is 0.217. The van der Waals surface area contributed by atoms with E-state index in [1.54, 1.807) is 0 Å². The minimum Gasteiger partial charge on any atom is -0.310 e. The van der Waals surface area contributed by atoms with Crippen molar-refractivity contribution in [3.8, 4) is 0 Å². The highest BCUT2D eigenvalue weighted by Gasteiger charge is 2.15. The number of hydrogen-bond donors (Lipinski definition) is 1. The molecule has 25 heavy (non-hydrogen) atoms. The molecule has 0 bridgehead atoms. The normalized spacial score (nSPS) is 12.3. The van der Waals surface area contributed by atoms with Crippen molar-refractivity contribution < 1.29 is 0 Å². The van der Waals surface area contributed by atoms with E-state index in [-0.39, 0.29) is 6.04 Å². The van der Waals surface area contributed by atoms with Crippen LogP contribution in [0.5, 0.6) is 0 Å². The number of nitrogens with one attached hydrogen (secondary N) is 1. The Morgan fingerprint density at radius 2 is 1.28 bits per heavy atom. The molecule has 1 unspecified atom stereocenters. The van der Waals surface area contributed by atoms with Gasteiger partial charge in [-0.3, -0.25) is 0 Å². The summed E-state index contributed by atoms with van der Waals surface area (Å²) in [7, 11) is 0. The van der Waals surface area contributed by atoms with Crippen LogP contribution >= 0.6 is 11.6 Å². The van der Waals surface area contributed by atoms with Gasteiger partial charge in [0.15, 0.2) is 0 Å². The maximum absolute atomic E-state index is 6.31. The van der Waals surface area contributed by atoms with E-state index >= 15 is 0 Å². The van der Waals surface area contributed by atoms with Crippen LogP contribution < -0.4 is 5.32 Å². The highest BCUT2D eigenvalue weighted by atomic mass is 35.5. The SMILES string of the molecule is CC(NCCC(c1ccccc1)c1ccccc1)c1ccccc1Cl. The monoisotopic (exact) mass is 349 g/mol. The third-order valence-electron chi connectivity index (χ3n) is 4.66. The molecule has 0 heterocycles. The summed E-state index contributed by atoms with van der Waals surface area (Å²) in [5.41, 5.74) is 3.88. The maximum atomic E-state index is 6.31. The Hall–Kier alpha value is -2.09. The molecule has 0 fully saturated rings. The Labute approximate surface area is 155 Å². The van der Waals surface area contributed by atoms with Crippen LogP contribution in [0.15, 0.2) is 84.9 Å². The van der Waals surface area contributed by atoms with E-state index in [2.05, 4.69) is 79.0 Å². The van der Waals surface area contributed by atoms with Gasteiger partial charge in [-0.25, -0.2) is 0 Å². The average molecular weight is 350 g/mol. The van der Waals surface area contributed by atoms with Crippen LogP contribution in [0.2, 0.25) is 5.02 Å². The van der Waals surface area contributed by atoms with Gasteiger partial charge in [0.2, 0.25) is 0 Å². The zero-order valence-corrected chi connectivity index (χ0v) is 15.3. The Kier molecular flexibility index (Phi) is 6.27. The van der Waals surface area contributed by atoms with Crippen molar-refractivity contribution in [2.45, 2.75) is 25.3 Å². The molecule has 1 N–H and O–H groups in total. The third kappa shape index (κ3) is 4.72. The predicted molar refractivity (Wildman–Crippen MR) is 107 cm³/mol. The van der Waals surface area contributed by atoms with Gasteiger partial charge in [-0.05, 0) is 42.6 Å². The Balaban J connectivity index is 1.68. The van der Waals surface area contributed by atoms with Crippen molar-refractivity contribution in [2.75, 3.05) is 6.54 Å². The van der Waals surface area contributed by atoms with Crippen LogP contribution in [-0.4, -0.2) is 6.54 Å². The van der Waals surface area contributed by atoms with Crippen molar-refractivity contribution in [1.29, 1.82) is 0 Å². The number of benzene rings is 3. The molecular weight excluding hydrogens is 326 g/mol. The van der Waals surface area contributed by atoms with Gasteiger partial charge < -0.3 is 5.32 Å². The van der Waals surface area contributed by atoms with Crippen LogP contribution in [0.25, 0.3) is 0 Å². The molecule has 3 aromatic rings. The lowest BCUT2D eigenvalue weighted by Gasteiger charge is -2.21. The van der Waals surface area contributed by atoms with Gasteiger partial charge in [0.25, 0.3) is 0 Å². The molecule has 3 rings (SSSR count). The second-order valence-electron chi connectivity index (χ2n) is 6.36. The summed E-state index contributed by atoms with van der Waals surface area (Å²) < 4.78 is 0. The molecule has 0 aromatic heterocycles. The molecule has 3 aromatic carbocycles. The highest BCUT2D eigenvalue weighted by molar-refractivity contribution is 6.31. The predicted octanol–water partition coefficient (Wildman–Crippen LogP) is 6.21. The molecule has 0 aliphatic rings. The van der Waals surface area contributed by atoms with E-state index in [0.717, 1.165) is 23.6 Å². The molecule has 0 radical (unpaired) electrons. The summed E-state index contributed by atoms with van der Waals surface area (Å²) in [5.74, 6) is 0.397. The van der Waals surface area contributed by atoms with Crippen molar-refractivity contribution in [2.24, 2.45) is 0 Å². The molecule has 0 saturated carbocycles. The van der Waals surface area contributed by atoms with Crippen molar-refractivity contribution in [3.63, 3.8) is 0 Å². The molecule has 1 atom stereocenters. The van der Waals surface area contributed by atoms with Gasteiger partial charge in [-0.1, -0.05) is 90.5 Å². The largest absolute Gasteiger partial charge is 0.310 e. The van der Waals surface area contributed by atoms with Crippen LogP contribution in [-0.2, 0) is 0 Å². The quantitative estimate of drug-likeness (QED) is 0.534. The molecule has 0 aliphatic carbocycles. The summed E-state index contributed by atoms with van der Waals surface area (Å²) >= 11 is 6.31. The number of rotatable bonds is 7. The van der Waals surface area contributed by atoms with Gasteiger partial charge >= 0.3 is 0 Å². The van der Waals surface area contributed by atoms with E-state index < -0.39 is 0 Å². The van der Waals surface area contributed by atoms with Gasteiger partial charge in [0, 0.05) is 17.0 Å². The second-order valence-corrected chi connectivity index (χ2v) is 6.77. The van der Waals surface area contributed by atoms with Gasteiger partial charge in [-0.2, -0.15) is 0 Å². The molecule has 128 valence electrons. The zero-order valence-electron chi connectivity index (χ0n) is 14.5. The van der Waals surface area contributed by atoms with Crippen LogP contribution in [0.4, 0.5) is 0 Å². The lowest BCUT2D eigenvalue weighted by molar-refractivity contribution is 0.540. The number of hydrogen-bond acceptors (Lipinski definition) is 1. The summed E-state index contributed by atoms with van der Waals surface area (Å²) in [6.45, 7) is 3.10. The first-order valence-corrected chi connectivity index (χ1v) is 9.21. The first-order chi connectivity index (χ1) is 12.3. The highest BCUT2D eigenvalue weighted by Crippen LogP contribution is 2.28. The van der Waals surface area contributed by atoms with E-state index in [1.165, 1.54) is 11.1 Å². The first-order valence-electron chi connectivity index (χ1n) is 8.83. The third-order valence-corrected chi connectivity index (χ3v) is 5.00. The van der Waals surface area contributed by atoms with E-state index in [0.29, 0.717) is 5.92 Å². The van der Waals surface area contributed by atoms with Gasteiger partial charge in [-0.15, -0.1) is 0 Å². The summed E-state index contributed by atoms with van der Waals surface area (Å²) in [6.07, 6.45) is 1.04. The van der Waals surface area contributed by atoms with Crippen molar-refractivity contribution >= 4 is 11.6 Å². The molecule has 0 spiro atoms. The topological polar surface area (TPSA) is 12.0 Å². The minimum atomic E-state index is 0.237. The molecule has 0 saturated heterocycles. The molecule has 2 heteroatoms. The number of halogens is 1. The molecule has 0 aliphatic heterocycles. The fourth-order valence-corrected chi connectivity index (χ4v) is 3.58. The van der Waals surface area contributed by atoms with E-state index in [4.69, 9.17) is 11.6 Å². The Bertz CT molecular complexity index is 731. The van der Waals surface area contributed by atoms with Crippen molar-refractivity contribution in [3.05, 3.63) is 107 Å². The molecule has 0 amide bonds. The van der Waals surface area contributed by atoms with Crippen LogP contribution in [0.1, 0.15) is 42.0 Å². The van der Waals surface area contributed by atoms with E-state index in [9.17, 15) is 0 Å². The smallest absolute Gasteiger partial charge is 0.0453 e. The maximum Gasteiger partial charge on any atom is 0.0453 e. The van der Waals surface area contributed by atoms with Crippen molar-refractivity contribution in [1.82, 2.24) is 5.32 Å². The lowest BCUT2D eigenvalue weighted by atomic mass is 9.88. The summed E-state index contributed by atoms with van der Waals surface area (Å²) in [5, 5.41) is 4.45. The Morgan fingerprint density at radius 3 is 1.84 bits per heavy atom. The summed E-state index contributed by atoms with van der Waals surface area (Å²) in [6, 6.07) is 29.8. The lowest BCUT2D eigenvalue weighted by Crippen LogP contribution is -2.22. The first kappa shape index (κ1) is 17.7. The fourth-order valence-electron chi connectivity index (χ4n) is 3.28. The van der Waals surface area contributed by atoms with Gasteiger partial charge in [0.1, 0.15) is 0 Å². The van der Waals surface area contributed by atoms with E-state index in [1.807, 2.05) is 18.2 Å². The van der Waals surface area contributed by atoms with Crippen LogP contribution in [0.3, 0.4) is 0 Å². The average Bonchev–Trinajstić information content (AvgIpc) is 2.67. The zero-order chi connectivity index (χ0) is 17.5.